The Bertz CT molecular complexity index is 835. The Labute approximate surface area is 165 Å². The first-order valence-corrected chi connectivity index (χ1v) is 9.90. The van der Waals surface area contributed by atoms with Crippen LogP contribution in [0, 0.1) is 11.7 Å². The van der Waals surface area contributed by atoms with E-state index in [4.69, 9.17) is 0 Å². The largest absolute Gasteiger partial charge is 0.342 e. The van der Waals surface area contributed by atoms with Crippen LogP contribution in [0.15, 0.2) is 48.5 Å². The average Bonchev–Trinajstić information content (AvgIpc) is 3.08. The van der Waals surface area contributed by atoms with E-state index in [0.29, 0.717) is 25.4 Å². The number of carbonyl (C=O) groups is 2. The number of hydrogen-bond acceptors (Lipinski definition) is 2. The zero-order valence-corrected chi connectivity index (χ0v) is 16.5. The van der Waals surface area contributed by atoms with Gasteiger partial charge in [0.15, 0.2) is 0 Å². The fourth-order valence-electron chi connectivity index (χ4n) is 3.57. The molecule has 1 fully saturated rings. The number of para-hydroxylation sites is 1. The monoisotopic (exact) mass is 382 g/mol. The van der Waals surface area contributed by atoms with E-state index >= 15 is 0 Å². The minimum absolute atomic E-state index is 0.00234. The number of carbonyl (C=O) groups excluding carboxylic acids is 2. The van der Waals surface area contributed by atoms with Crippen LogP contribution < -0.4 is 5.32 Å². The van der Waals surface area contributed by atoms with Crippen molar-refractivity contribution in [2.24, 2.45) is 5.92 Å². The predicted octanol–water partition coefficient (Wildman–Crippen LogP) is 4.37. The van der Waals surface area contributed by atoms with Gasteiger partial charge < -0.3 is 10.2 Å². The molecular weight excluding hydrogens is 355 g/mol. The molecule has 0 radical (unpaired) electrons. The molecule has 1 aliphatic rings. The van der Waals surface area contributed by atoms with Gasteiger partial charge >= 0.3 is 0 Å². The second kappa shape index (κ2) is 9.00. The highest BCUT2D eigenvalue weighted by Gasteiger charge is 2.34. The van der Waals surface area contributed by atoms with Crippen LogP contribution in [0.1, 0.15) is 43.7 Å². The van der Waals surface area contributed by atoms with E-state index in [-0.39, 0.29) is 30.0 Å². The van der Waals surface area contributed by atoms with Crippen molar-refractivity contribution in [3.8, 4) is 0 Å². The molecule has 5 heteroatoms. The van der Waals surface area contributed by atoms with Gasteiger partial charge in [0.1, 0.15) is 5.82 Å². The Morgan fingerprint density at radius 2 is 1.93 bits per heavy atom. The molecule has 0 bridgehead atoms. The SMILES string of the molecule is CC[C@H](C)c1ccccc1NC(=O)[C@@H]1CC(=O)N(CCc2ccc(F)cc2)C1. The van der Waals surface area contributed by atoms with Crippen molar-refractivity contribution < 1.29 is 14.0 Å². The number of likely N-dealkylation sites (tertiary alicyclic amines) is 1. The molecule has 1 aliphatic heterocycles. The Balaban J connectivity index is 1.59. The number of hydrogen-bond donors (Lipinski definition) is 1. The first-order chi connectivity index (χ1) is 13.5. The third-order valence-corrected chi connectivity index (χ3v) is 5.53. The highest BCUT2D eigenvalue weighted by atomic mass is 19.1. The van der Waals surface area contributed by atoms with E-state index in [1.807, 2.05) is 24.3 Å². The summed E-state index contributed by atoms with van der Waals surface area (Å²) in [7, 11) is 0. The Morgan fingerprint density at radius 1 is 1.21 bits per heavy atom. The first-order valence-electron chi connectivity index (χ1n) is 9.90. The van der Waals surface area contributed by atoms with Gasteiger partial charge in [-0.05, 0) is 48.1 Å². The summed E-state index contributed by atoms with van der Waals surface area (Å²) in [5, 5.41) is 3.03. The number of amides is 2. The zero-order chi connectivity index (χ0) is 20.1. The van der Waals surface area contributed by atoms with Crippen LogP contribution in [0.25, 0.3) is 0 Å². The van der Waals surface area contributed by atoms with Crippen LogP contribution in [-0.2, 0) is 16.0 Å². The van der Waals surface area contributed by atoms with Crippen molar-refractivity contribution >= 4 is 17.5 Å². The molecular formula is C23H27FN2O2. The lowest BCUT2D eigenvalue weighted by molar-refractivity contribution is -0.128. The average molecular weight is 382 g/mol. The predicted molar refractivity (Wildman–Crippen MR) is 109 cm³/mol. The van der Waals surface area contributed by atoms with Gasteiger partial charge in [-0.3, -0.25) is 9.59 Å². The van der Waals surface area contributed by atoms with Gasteiger partial charge in [-0.15, -0.1) is 0 Å². The van der Waals surface area contributed by atoms with E-state index in [0.717, 1.165) is 23.2 Å². The van der Waals surface area contributed by atoms with E-state index in [2.05, 4.69) is 19.2 Å². The van der Waals surface area contributed by atoms with Gasteiger partial charge in [-0.2, -0.15) is 0 Å². The highest BCUT2D eigenvalue weighted by Crippen LogP contribution is 2.28. The number of rotatable bonds is 7. The van der Waals surface area contributed by atoms with Gasteiger partial charge in [-0.25, -0.2) is 4.39 Å². The minimum atomic E-state index is -0.342. The zero-order valence-electron chi connectivity index (χ0n) is 16.5. The number of anilines is 1. The summed E-state index contributed by atoms with van der Waals surface area (Å²) in [6.07, 6.45) is 1.88. The summed E-state index contributed by atoms with van der Waals surface area (Å²) >= 11 is 0. The fourth-order valence-corrected chi connectivity index (χ4v) is 3.57. The van der Waals surface area contributed by atoms with Crippen molar-refractivity contribution in [1.29, 1.82) is 0 Å². The maximum absolute atomic E-state index is 13.0. The van der Waals surface area contributed by atoms with Crippen LogP contribution in [0.5, 0.6) is 0 Å². The molecule has 0 saturated carbocycles. The smallest absolute Gasteiger partial charge is 0.229 e. The molecule has 4 nitrogen and oxygen atoms in total. The molecule has 28 heavy (non-hydrogen) atoms. The lowest BCUT2D eigenvalue weighted by Gasteiger charge is -2.18. The molecule has 2 atom stereocenters. The third kappa shape index (κ3) is 4.77. The summed E-state index contributed by atoms with van der Waals surface area (Å²) in [6.45, 7) is 5.23. The lowest BCUT2D eigenvalue weighted by atomic mass is 9.96. The number of halogens is 1. The summed E-state index contributed by atoms with van der Waals surface area (Å²) in [6, 6.07) is 14.2. The van der Waals surface area contributed by atoms with Crippen molar-refractivity contribution in [3.05, 3.63) is 65.5 Å². The maximum atomic E-state index is 13.0. The van der Waals surface area contributed by atoms with E-state index < -0.39 is 0 Å². The van der Waals surface area contributed by atoms with Gasteiger partial charge in [0.25, 0.3) is 0 Å². The Morgan fingerprint density at radius 3 is 2.64 bits per heavy atom. The normalized spacial score (nSPS) is 17.6. The molecule has 0 aliphatic carbocycles. The molecule has 2 aromatic carbocycles. The molecule has 1 saturated heterocycles. The maximum Gasteiger partial charge on any atom is 0.229 e. The number of benzene rings is 2. The van der Waals surface area contributed by atoms with E-state index in [1.54, 1.807) is 17.0 Å². The molecule has 3 rings (SSSR count). The van der Waals surface area contributed by atoms with Crippen LogP contribution in [0.4, 0.5) is 10.1 Å². The molecule has 1 N–H and O–H groups in total. The minimum Gasteiger partial charge on any atom is -0.342 e. The topological polar surface area (TPSA) is 49.4 Å². The van der Waals surface area contributed by atoms with Crippen molar-refractivity contribution in [1.82, 2.24) is 4.90 Å². The second-order valence-electron chi connectivity index (χ2n) is 7.50. The third-order valence-electron chi connectivity index (χ3n) is 5.53. The summed E-state index contributed by atoms with van der Waals surface area (Å²) in [4.78, 5) is 26.8. The summed E-state index contributed by atoms with van der Waals surface area (Å²) in [5.74, 6) is -0.360. The molecule has 148 valence electrons. The van der Waals surface area contributed by atoms with E-state index in [1.165, 1.54) is 12.1 Å². The van der Waals surface area contributed by atoms with Crippen molar-refractivity contribution in [2.45, 2.75) is 39.0 Å². The Kier molecular flexibility index (Phi) is 6.45. The van der Waals surface area contributed by atoms with Gasteiger partial charge in [0.05, 0.1) is 5.92 Å². The van der Waals surface area contributed by atoms with Crippen molar-refractivity contribution in [2.75, 3.05) is 18.4 Å². The summed E-state index contributed by atoms with van der Waals surface area (Å²) < 4.78 is 13.0. The van der Waals surface area contributed by atoms with Crippen molar-refractivity contribution in [3.63, 3.8) is 0 Å². The first kappa shape index (κ1) is 20.1. The molecule has 0 spiro atoms. The number of nitrogens with one attached hydrogen (secondary N) is 1. The van der Waals surface area contributed by atoms with Crippen LogP contribution in [0.2, 0.25) is 0 Å². The van der Waals surface area contributed by atoms with Crippen LogP contribution in [-0.4, -0.2) is 29.8 Å². The number of nitrogens with zero attached hydrogens (tertiary/aromatic N) is 1. The molecule has 2 amide bonds. The van der Waals surface area contributed by atoms with E-state index in [9.17, 15) is 14.0 Å². The van der Waals surface area contributed by atoms with Gasteiger partial charge in [0, 0.05) is 25.2 Å². The fraction of sp³-hybridized carbons (Fsp3) is 0.391. The molecule has 1 heterocycles. The summed E-state index contributed by atoms with van der Waals surface area (Å²) in [5.41, 5.74) is 2.93. The molecule has 0 unspecified atom stereocenters. The van der Waals surface area contributed by atoms with Crippen LogP contribution >= 0.6 is 0 Å². The Hall–Kier alpha value is -2.69. The van der Waals surface area contributed by atoms with Crippen LogP contribution in [0.3, 0.4) is 0 Å². The second-order valence-corrected chi connectivity index (χ2v) is 7.50. The van der Waals surface area contributed by atoms with Gasteiger partial charge in [0.2, 0.25) is 11.8 Å². The molecule has 0 aromatic heterocycles. The lowest BCUT2D eigenvalue weighted by Crippen LogP contribution is -2.30. The quantitative estimate of drug-likeness (QED) is 0.773. The standard InChI is InChI=1S/C23H27FN2O2/c1-3-16(2)20-6-4-5-7-21(20)25-23(28)18-14-22(27)26(15-18)13-12-17-8-10-19(24)11-9-17/h4-11,16,18H,3,12-15H2,1-2H3,(H,25,28)/t16-,18+/m0/s1. The molecule has 2 aromatic rings. The van der Waals surface area contributed by atoms with Gasteiger partial charge in [-0.1, -0.05) is 44.2 Å². The highest BCUT2D eigenvalue weighted by molar-refractivity contribution is 5.97.